The highest BCUT2D eigenvalue weighted by atomic mass is 32.1. The molecule has 3 heteroatoms. The van der Waals surface area contributed by atoms with Gasteiger partial charge in [0.15, 0.2) is 0 Å². The first-order valence-corrected chi connectivity index (χ1v) is 9.57. The molecule has 0 spiro atoms. The third-order valence-corrected chi connectivity index (χ3v) is 6.18. The lowest BCUT2D eigenvalue weighted by molar-refractivity contribution is 0.448. The van der Waals surface area contributed by atoms with E-state index < -0.39 is 0 Å². The Morgan fingerprint density at radius 1 is 0.913 bits per heavy atom. The van der Waals surface area contributed by atoms with Crippen LogP contribution < -0.4 is 0 Å². The molecule has 0 saturated heterocycles. The molecule has 1 N–H and O–H groups in total. The normalized spacial score (nSPS) is 11.9. The summed E-state index contributed by atoms with van der Waals surface area (Å²) >= 11 is 3.49. The Morgan fingerprint density at radius 2 is 1.65 bits per heavy atom. The maximum Gasteiger partial charge on any atom is 0.127 e. The fourth-order valence-corrected chi connectivity index (χ4v) is 4.98. The van der Waals surface area contributed by atoms with Gasteiger partial charge in [-0.15, -0.1) is 11.3 Å². The molecule has 0 aliphatic rings. The fourth-order valence-electron chi connectivity index (χ4n) is 2.92. The van der Waals surface area contributed by atoms with E-state index in [9.17, 15) is 5.11 Å². The van der Waals surface area contributed by atoms with Crippen molar-refractivity contribution in [2.24, 2.45) is 0 Å². The molecule has 0 aliphatic carbocycles. The van der Waals surface area contributed by atoms with Crippen LogP contribution in [0.5, 0.6) is 5.75 Å². The van der Waals surface area contributed by atoms with Crippen molar-refractivity contribution in [1.82, 2.24) is 0 Å². The molecule has 0 atom stereocenters. The molecule has 0 unspecified atom stereocenters. The predicted molar refractivity (Wildman–Crippen MR) is 103 cm³/mol. The minimum Gasteiger partial charge on any atom is -0.507 e. The van der Waals surface area contributed by atoms with E-state index >= 15 is 0 Å². The summed E-state index contributed by atoms with van der Waals surface area (Å²) in [6.07, 6.45) is 0. The summed E-state index contributed by atoms with van der Waals surface area (Å²) in [5.74, 6) is 0.413. The van der Waals surface area contributed by atoms with Gasteiger partial charge in [0.25, 0.3) is 0 Å². The number of aryl methyl sites for hydroxylation is 2. The molecule has 0 amide bonds. The lowest BCUT2D eigenvalue weighted by Crippen LogP contribution is -2.11. The summed E-state index contributed by atoms with van der Waals surface area (Å²) in [6.45, 7) is 10.7. The standard InChI is InChI=1S/C20H22OS2/c1-12-9-22-11-15(12)19-17(13(2)10-23-19)14-7-6-8-16(18(14)21)20(3,4)5/h6-11,21H,1-5H3. The number of benzene rings is 1. The van der Waals surface area contributed by atoms with E-state index in [1.54, 1.807) is 22.7 Å². The number of hydrogen-bond donors (Lipinski definition) is 1. The second kappa shape index (κ2) is 5.81. The fraction of sp³-hybridized carbons (Fsp3) is 0.300. The second-order valence-corrected chi connectivity index (χ2v) is 8.67. The van der Waals surface area contributed by atoms with Gasteiger partial charge >= 0.3 is 0 Å². The third-order valence-electron chi connectivity index (χ3n) is 4.19. The average Bonchev–Trinajstić information content (AvgIpc) is 3.04. The van der Waals surface area contributed by atoms with E-state index in [1.807, 2.05) is 12.1 Å². The molecular weight excluding hydrogens is 320 g/mol. The molecule has 3 aromatic rings. The number of phenolic OH excluding ortho intramolecular Hbond substituents is 1. The molecule has 1 aromatic carbocycles. The predicted octanol–water partition coefficient (Wildman–Crippen LogP) is 6.76. The highest BCUT2D eigenvalue weighted by Crippen LogP contribution is 2.47. The average molecular weight is 343 g/mol. The second-order valence-electron chi connectivity index (χ2n) is 7.04. The molecule has 0 radical (unpaired) electrons. The molecule has 0 fully saturated rings. The van der Waals surface area contributed by atoms with Crippen LogP contribution in [0, 0.1) is 13.8 Å². The van der Waals surface area contributed by atoms with Gasteiger partial charge in [0, 0.05) is 21.6 Å². The van der Waals surface area contributed by atoms with Crippen LogP contribution in [0.1, 0.15) is 37.5 Å². The van der Waals surface area contributed by atoms with E-state index in [2.05, 4.69) is 56.8 Å². The number of phenols is 1. The van der Waals surface area contributed by atoms with Gasteiger partial charge in [0.05, 0.1) is 0 Å². The summed E-state index contributed by atoms with van der Waals surface area (Å²) < 4.78 is 0. The van der Waals surface area contributed by atoms with E-state index in [0.717, 1.165) is 11.1 Å². The summed E-state index contributed by atoms with van der Waals surface area (Å²) in [5, 5.41) is 17.5. The molecule has 0 bridgehead atoms. The Bertz CT molecular complexity index is 847. The Kier molecular flexibility index (Phi) is 4.11. The number of para-hydroxylation sites is 1. The van der Waals surface area contributed by atoms with Crippen LogP contribution in [-0.2, 0) is 5.41 Å². The topological polar surface area (TPSA) is 20.2 Å². The van der Waals surface area contributed by atoms with Crippen molar-refractivity contribution in [3.05, 3.63) is 51.0 Å². The first kappa shape index (κ1) is 16.3. The van der Waals surface area contributed by atoms with Crippen molar-refractivity contribution in [2.75, 3.05) is 0 Å². The van der Waals surface area contributed by atoms with Crippen molar-refractivity contribution in [3.8, 4) is 27.3 Å². The van der Waals surface area contributed by atoms with Crippen LogP contribution in [0.15, 0.2) is 34.3 Å². The van der Waals surface area contributed by atoms with Crippen molar-refractivity contribution >= 4 is 22.7 Å². The van der Waals surface area contributed by atoms with Crippen LogP contribution in [0.4, 0.5) is 0 Å². The minimum atomic E-state index is -0.0809. The quantitative estimate of drug-likeness (QED) is 0.545. The first-order chi connectivity index (χ1) is 10.8. The summed E-state index contributed by atoms with van der Waals surface area (Å²) in [4.78, 5) is 1.25. The lowest BCUT2D eigenvalue weighted by atomic mass is 9.84. The minimum absolute atomic E-state index is 0.0809. The molecular formula is C20H22OS2. The van der Waals surface area contributed by atoms with Gasteiger partial charge in [-0.1, -0.05) is 39.0 Å². The third kappa shape index (κ3) is 2.84. The van der Waals surface area contributed by atoms with Gasteiger partial charge in [0.2, 0.25) is 0 Å². The maximum absolute atomic E-state index is 10.9. The zero-order chi connectivity index (χ0) is 16.8. The van der Waals surface area contributed by atoms with Crippen molar-refractivity contribution < 1.29 is 5.11 Å². The Balaban J connectivity index is 2.26. The van der Waals surface area contributed by atoms with Crippen LogP contribution >= 0.6 is 22.7 Å². The van der Waals surface area contributed by atoms with E-state index in [1.165, 1.54) is 27.1 Å². The molecule has 0 saturated carbocycles. The SMILES string of the molecule is Cc1cscc1-c1scc(C)c1-c1cccc(C(C)(C)C)c1O. The monoisotopic (exact) mass is 342 g/mol. The number of hydrogen-bond acceptors (Lipinski definition) is 3. The Labute approximate surface area is 146 Å². The smallest absolute Gasteiger partial charge is 0.127 e. The summed E-state index contributed by atoms with van der Waals surface area (Å²) in [5.41, 5.74) is 6.82. The van der Waals surface area contributed by atoms with E-state index in [0.29, 0.717) is 5.75 Å². The molecule has 3 rings (SSSR count). The highest BCUT2D eigenvalue weighted by Gasteiger charge is 2.23. The highest BCUT2D eigenvalue weighted by molar-refractivity contribution is 7.15. The maximum atomic E-state index is 10.9. The first-order valence-electron chi connectivity index (χ1n) is 7.74. The van der Waals surface area contributed by atoms with Gasteiger partial charge in [-0.2, -0.15) is 11.3 Å². The Morgan fingerprint density at radius 3 is 2.26 bits per heavy atom. The Hall–Kier alpha value is -1.58. The lowest BCUT2D eigenvalue weighted by Gasteiger charge is -2.22. The number of thiophene rings is 2. The van der Waals surface area contributed by atoms with Crippen LogP contribution in [0.2, 0.25) is 0 Å². The molecule has 2 heterocycles. The van der Waals surface area contributed by atoms with Gasteiger partial charge in [-0.25, -0.2) is 0 Å². The molecule has 2 aromatic heterocycles. The summed E-state index contributed by atoms with van der Waals surface area (Å²) in [7, 11) is 0. The molecule has 120 valence electrons. The van der Waals surface area contributed by atoms with E-state index in [4.69, 9.17) is 0 Å². The largest absolute Gasteiger partial charge is 0.507 e. The molecule has 0 aliphatic heterocycles. The zero-order valence-electron chi connectivity index (χ0n) is 14.2. The van der Waals surface area contributed by atoms with Gasteiger partial charge in [0.1, 0.15) is 5.75 Å². The zero-order valence-corrected chi connectivity index (χ0v) is 15.9. The van der Waals surface area contributed by atoms with Gasteiger partial charge in [-0.3, -0.25) is 0 Å². The van der Waals surface area contributed by atoms with Gasteiger partial charge in [-0.05, 0) is 52.1 Å². The van der Waals surface area contributed by atoms with Crippen molar-refractivity contribution in [3.63, 3.8) is 0 Å². The summed E-state index contributed by atoms with van der Waals surface area (Å²) in [6, 6.07) is 6.11. The van der Waals surface area contributed by atoms with Gasteiger partial charge < -0.3 is 5.11 Å². The van der Waals surface area contributed by atoms with Crippen LogP contribution in [0.25, 0.3) is 21.6 Å². The number of aromatic hydroxyl groups is 1. The van der Waals surface area contributed by atoms with Crippen molar-refractivity contribution in [1.29, 1.82) is 0 Å². The van der Waals surface area contributed by atoms with Crippen LogP contribution in [0.3, 0.4) is 0 Å². The number of rotatable bonds is 2. The molecule has 1 nitrogen and oxygen atoms in total. The van der Waals surface area contributed by atoms with Crippen molar-refractivity contribution in [2.45, 2.75) is 40.0 Å². The van der Waals surface area contributed by atoms with E-state index in [-0.39, 0.29) is 5.41 Å². The molecule has 23 heavy (non-hydrogen) atoms. The van der Waals surface area contributed by atoms with Crippen LogP contribution in [-0.4, -0.2) is 5.11 Å².